The lowest BCUT2D eigenvalue weighted by Crippen LogP contribution is -2.14. The van der Waals surface area contributed by atoms with Gasteiger partial charge in [-0.25, -0.2) is 19.0 Å². The van der Waals surface area contributed by atoms with Crippen molar-refractivity contribution in [2.24, 2.45) is 7.05 Å². The molecule has 1 amide bonds. The highest BCUT2D eigenvalue weighted by Gasteiger charge is 2.31. The first-order chi connectivity index (χ1) is 16.1. The Morgan fingerprint density at radius 1 is 1.15 bits per heavy atom. The number of carbonyl (C=O) groups excluding carboxylic acids is 1. The molecular weight excluding hydrogens is 472 g/mol. The van der Waals surface area contributed by atoms with Crippen molar-refractivity contribution in [1.82, 2.24) is 19.7 Å². The van der Waals surface area contributed by atoms with E-state index in [-0.39, 0.29) is 11.4 Å². The van der Waals surface area contributed by atoms with Crippen molar-refractivity contribution in [2.45, 2.75) is 6.18 Å². The van der Waals surface area contributed by atoms with Crippen molar-refractivity contribution in [3.63, 3.8) is 0 Å². The van der Waals surface area contributed by atoms with Crippen molar-refractivity contribution in [3.8, 4) is 11.3 Å². The van der Waals surface area contributed by atoms with Gasteiger partial charge in [0.1, 0.15) is 23.7 Å². The van der Waals surface area contributed by atoms with Crippen LogP contribution >= 0.6 is 11.3 Å². The van der Waals surface area contributed by atoms with E-state index in [0.29, 0.717) is 40.3 Å². The van der Waals surface area contributed by atoms with Gasteiger partial charge < -0.3 is 11.1 Å². The molecule has 172 valence electrons. The molecule has 0 aliphatic rings. The number of aryl methyl sites for hydroxylation is 1. The third-order valence-electron chi connectivity index (χ3n) is 5.29. The summed E-state index contributed by atoms with van der Waals surface area (Å²) >= 11 is 1.26. The summed E-state index contributed by atoms with van der Waals surface area (Å²) in [6, 6.07) is 7.10. The number of rotatable bonds is 3. The zero-order valence-electron chi connectivity index (χ0n) is 17.3. The molecule has 2 aromatic carbocycles. The molecule has 0 atom stereocenters. The topological polar surface area (TPSA) is 98.7 Å². The number of fused-ring (bicyclic) bond motifs is 2. The SMILES string of the molecule is Cn1nc(-c2ccc3c(C(=O)Nc4cc(C(F)(F)F)ccc4F)csc3c2)c2c(N)ncnc21. The number of amides is 1. The Bertz CT molecular complexity index is 1590. The minimum atomic E-state index is -4.66. The second-order valence-electron chi connectivity index (χ2n) is 7.44. The van der Waals surface area contributed by atoms with Gasteiger partial charge in [0.2, 0.25) is 0 Å². The molecule has 5 rings (SSSR count). The maximum absolute atomic E-state index is 14.1. The fourth-order valence-corrected chi connectivity index (χ4v) is 4.63. The predicted molar refractivity (Wildman–Crippen MR) is 121 cm³/mol. The van der Waals surface area contributed by atoms with Crippen LogP contribution in [0.4, 0.5) is 29.1 Å². The van der Waals surface area contributed by atoms with Crippen LogP contribution in [0.2, 0.25) is 0 Å². The number of hydrogen-bond donors (Lipinski definition) is 2. The minimum absolute atomic E-state index is 0.206. The summed E-state index contributed by atoms with van der Waals surface area (Å²) in [7, 11) is 1.73. The van der Waals surface area contributed by atoms with Gasteiger partial charge in [-0.15, -0.1) is 11.3 Å². The van der Waals surface area contributed by atoms with Crippen LogP contribution in [0, 0.1) is 5.82 Å². The molecular formula is C22H14F4N6OS. The van der Waals surface area contributed by atoms with Crippen LogP contribution in [0.3, 0.4) is 0 Å². The number of nitrogens with two attached hydrogens (primary N) is 1. The van der Waals surface area contributed by atoms with Crippen molar-refractivity contribution < 1.29 is 22.4 Å². The van der Waals surface area contributed by atoms with Gasteiger partial charge >= 0.3 is 6.18 Å². The highest BCUT2D eigenvalue weighted by atomic mass is 32.1. The van der Waals surface area contributed by atoms with E-state index in [1.54, 1.807) is 29.2 Å². The van der Waals surface area contributed by atoms with Crippen molar-refractivity contribution in [2.75, 3.05) is 11.1 Å². The van der Waals surface area contributed by atoms with E-state index in [9.17, 15) is 22.4 Å². The standard InChI is InChI=1S/C22H14F4N6OS/c1-32-20-17(19(27)28-9-29-20)18(31-32)10-2-4-12-13(8-34-16(12)6-10)21(33)30-15-7-11(22(24,25)26)3-5-14(15)23/h2-9H,1H3,(H,30,33)(H2,27,28,29). The molecule has 3 heterocycles. The van der Waals surface area contributed by atoms with Crippen molar-refractivity contribution in [1.29, 1.82) is 0 Å². The number of nitrogens with zero attached hydrogens (tertiary/aromatic N) is 4. The number of anilines is 2. The second kappa shape index (κ2) is 7.76. The molecule has 0 aliphatic carbocycles. The van der Waals surface area contributed by atoms with Crippen molar-refractivity contribution in [3.05, 3.63) is 65.0 Å². The first kappa shape index (κ1) is 21.8. The molecule has 0 saturated carbocycles. The smallest absolute Gasteiger partial charge is 0.383 e. The van der Waals surface area contributed by atoms with Crippen LogP contribution in [-0.4, -0.2) is 25.7 Å². The van der Waals surface area contributed by atoms with Crippen LogP contribution in [-0.2, 0) is 13.2 Å². The number of hydrogen-bond acceptors (Lipinski definition) is 6. The third kappa shape index (κ3) is 3.61. The molecule has 0 radical (unpaired) electrons. The van der Waals surface area contributed by atoms with Crippen LogP contribution < -0.4 is 11.1 Å². The first-order valence-electron chi connectivity index (χ1n) is 9.76. The van der Waals surface area contributed by atoms with Crippen molar-refractivity contribution >= 4 is 49.9 Å². The molecule has 3 N–H and O–H groups in total. The van der Waals surface area contributed by atoms with E-state index >= 15 is 0 Å². The Kier molecular flexibility index (Phi) is 4.97. The maximum atomic E-state index is 14.1. The van der Waals surface area contributed by atoms with E-state index in [2.05, 4.69) is 20.4 Å². The molecule has 0 unspecified atom stereocenters. The van der Waals surface area contributed by atoms with Gasteiger partial charge in [-0.3, -0.25) is 4.79 Å². The Labute approximate surface area is 192 Å². The largest absolute Gasteiger partial charge is 0.416 e. The summed E-state index contributed by atoms with van der Waals surface area (Å²) < 4.78 is 55.3. The van der Waals surface area contributed by atoms with Gasteiger partial charge in [-0.05, 0) is 24.3 Å². The third-order valence-corrected chi connectivity index (χ3v) is 6.23. The summed E-state index contributed by atoms with van der Waals surface area (Å²) in [6.45, 7) is 0. The summed E-state index contributed by atoms with van der Waals surface area (Å²) in [6.07, 6.45) is -3.31. The van der Waals surface area contributed by atoms with E-state index in [1.165, 1.54) is 17.7 Å². The molecule has 0 fully saturated rings. The predicted octanol–water partition coefficient (Wildman–Crippen LogP) is 5.24. The quantitative estimate of drug-likeness (QED) is 0.340. The summed E-state index contributed by atoms with van der Waals surface area (Å²) in [5.74, 6) is -1.41. The lowest BCUT2D eigenvalue weighted by molar-refractivity contribution is -0.137. The fraction of sp³-hybridized carbons (Fsp3) is 0.0909. The monoisotopic (exact) mass is 486 g/mol. The van der Waals surface area contributed by atoms with Crippen LogP contribution in [0.5, 0.6) is 0 Å². The highest BCUT2D eigenvalue weighted by Crippen LogP contribution is 2.35. The van der Waals surface area contributed by atoms with Gasteiger partial charge in [0.15, 0.2) is 5.65 Å². The highest BCUT2D eigenvalue weighted by molar-refractivity contribution is 7.17. The number of nitrogens with one attached hydrogen (secondary N) is 1. The lowest BCUT2D eigenvalue weighted by atomic mass is 10.1. The number of benzene rings is 2. The van der Waals surface area contributed by atoms with Gasteiger partial charge in [0, 0.05) is 28.1 Å². The summed E-state index contributed by atoms with van der Waals surface area (Å²) in [4.78, 5) is 21.0. The Morgan fingerprint density at radius 3 is 2.71 bits per heavy atom. The first-order valence-corrected chi connectivity index (χ1v) is 10.6. The van der Waals surface area contributed by atoms with Crippen LogP contribution in [0.1, 0.15) is 15.9 Å². The maximum Gasteiger partial charge on any atom is 0.416 e. The average Bonchev–Trinajstić information content (AvgIpc) is 3.36. The van der Waals surface area contributed by atoms with Gasteiger partial charge in [0.25, 0.3) is 5.91 Å². The Balaban J connectivity index is 1.51. The van der Waals surface area contributed by atoms with Crippen LogP contribution in [0.25, 0.3) is 32.4 Å². The normalized spacial score (nSPS) is 11.9. The summed E-state index contributed by atoms with van der Waals surface area (Å²) in [5.41, 5.74) is 6.49. The minimum Gasteiger partial charge on any atom is -0.383 e. The van der Waals surface area contributed by atoms with Gasteiger partial charge in [0.05, 0.1) is 22.2 Å². The number of halogens is 4. The number of alkyl halides is 3. The zero-order valence-corrected chi connectivity index (χ0v) is 18.1. The van der Waals surface area contributed by atoms with Gasteiger partial charge in [-0.2, -0.15) is 18.3 Å². The van der Waals surface area contributed by atoms with E-state index in [0.717, 1.165) is 10.3 Å². The molecule has 7 nitrogen and oxygen atoms in total. The lowest BCUT2D eigenvalue weighted by Gasteiger charge is -2.11. The second-order valence-corrected chi connectivity index (χ2v) is 8.35. The molecule has 12 heteroatoms. The molecule has 0 bridgehead atoms. The van der Waals surface area contributed by atoms with Gasteiger partial charge in [-0.1, -0.05) is 12.1 Å². The molecule has 5 aromatic rings. The van der Waals surface area contributed by atoms with Crippen LogP contribution in [0.15, 0.2) is 48.1 Å². The zero-order chi connectivity index (χ0) is 24.2. The Morgan fingerprint density at radius 2 is 1.94 bits per heavy atom. The molecule has 34 heavy (non-hydrogen) atoms. The number of carbonyl (C=O) groups is 1. The molecule has 0 aliphatic heterocycles. The fourth-order valence-electron chi connectivity index (χ4n) is 3.65. The average molecular weight is 486 g/mol. The Hall–Kier alpha value is -4.06. The molecule has 0 spiro atoms. The van der Waals surface area contributed by atoms with E-state index < -0.39 is 29.2 Å². The summed E-state index contributed by atoms with van der Waals surface area (Å²) in [5, 5.41) is 9.45. The number of thiophene rings is 1. The van der Waals surface area contributed by atoms with E-state index in [4.69, 9.17) is 5.73 Å². The molecule has 0 saturated heterocycles. The molecule has 3 aromatic heterocycles. The number of aromatic nitrogens is 4. The van der Waals surface area contributed by atoms with E-state index in [1.807, 2.05) is 6.07 Å². The number of nitrogen functional groups attached to an aromatic ring is 1.